The maximum atomic E-state index is 11.9. The molecule has 0 radical (unpaired) electrons. The maximum Gasteiger partial charge on any atom is 0.272 e. The first-order valence-electron chi connectivity index (χ1n) is 5.09. The third-order valence-electron chi connectivity index (χ3n) is 2.11. The molecule has 1 aromatic rings. The minimum Gasteiger partial charge on any atom is -0.395 e. The predicted molar refractivity (Wildman–Crippen MR) is 59.1 cm³/mol. The molecule has 0 aliphatic rings. The minimum absolute atomic E-state index is 0.0672. The van der Waals surface area contributed by atoms with Gasteiger partial charge in [0, 0.05) is 26.4 Å². The molecule has 0 atom stereocenters. The molecule has 5 nitrogen and oxygen atoms in total. The van der Waals surface area contributed by atoms with Gasteiger partial charge in [-0.25, -0.2) is 0 Å². The van der Waals surface area contributed by atoms with E-state index in [1.807, 2.05) is 0 Å². The highest BCUT2D eigenvalue weighted by atomic mass is 16.5. The molecule has 1 N–H and O–H groups in total. The van der Waals surface area contributed by atoms with Crippen molar-refractivity contribution in [2.45, 2.75) is 0 Å². The van der Waals surface area contributed by atoms with Gasteiger partial charge in [0.15, 0.2) is 0 Å². The van der Waals surface area contributed by atoms with Crippen LogP contribution in [0.3, 0.4) is 0 Å². The van der Waals surface area contributed by atoms with Crippen molar-refractivity contribution in [3.8, 4) is 0 Å². The van der Waals surface area contributed by atoms with Gasteiger partial charge in [-0.2, -0.15) is 0 Å². The number of amides is 1. The average Bonchev–Trinajstić information content (AvgIpc) is 2.35. The number of methoxy groups -OCH3 is 1. The Labute approximate surface area is 94.7 Å². The Kier molecular flexibility index (Phi) is 5.45. The SMILES string of the molecule is COCCN(CCO)C(=O)c1ccccn1. The van der Waals surface area contributed by atoms with Crippen molar-refractivity contribution in [3.63, 3.8) is 0 Å². The van der Waals surface area contributed by atoms with E-state index in [-0.39, 0.29) is 12.5 Å². The monoisotopic (exact) mass is 224 g/mol. The average molecular weight is 224 g/mol. The van der Waals surface area contributed by atoms with E-state index < -0.39 is 0 Å². The predicted octanol–water partition coefficient (Wildman–Crippen LogP) is 0.162. The lowest BCUT2D eigenvalue weighted by Crippen LogP contribution is -2.36. The van der Waals surface area contributed by atoms with Crippen LogP contribution in [0, 0.1) is 0 Å². The molecule has 0 bridgehead atoms. The molecule has 0 aliphatic carbocycles. The molecule has 0 fully saturated rings. The molecule has 0 aromatic carbocycles. The van der Waals surface area contributed by atoms with Crippen molar-refractivity contribution >= 4 is 5.91 Å². The van der Waals surface area contributed by atoms with Gasteiger partial charge in [-0.1, -0.05) is 6.07 Å². The Morgan fingerprint density at radius 3 is 2.88 bits per heavy atom. The number of carbonyl (C=O) groups is 1. The third kappa shape index (κ3) is 3.60. The lowest BCUT2D eigenvalue weighted by molar-refractivity contribution is 0.0651. The van der Waals surface area contributed by atoms with Crippen molar-refractivity contribution in [2.24, 2.45) is 0 Å². The van der Waals surface area contributed by atoms with Gasteiger partial charge in [0.05, 0.1) is 13.2 Å². The lowest BCUT2D eigenvalue weighted by atomic mass is 10.3. The van der Waals surface area contributed by atoms with Gasteiger partial charge in [-0.05, 0) is 12.1 Å². The zero-order chi connectivity index (χ0) is 11.8. The van der Waals surface area contributed by atoms with E-state index in [9.17, 15) is 4.79 Å². The van der Waals surface area contributed by atoms with Crippen molar-refractivity contribution in [1.82, 2.24) is 9.88 Å². The second kappa shape index (κ2) is 6.92. The van der Waals surface area contributed by atoms with E-state index >= 15 is 0 Å². The molecule has 5 heteroatoms. The Bertz CT molecular complexity index is 316. The van der Waals surface area contributed by atoms with Crippen LogP contribution in [0.5, 0.6) is 0 Å². The number of hydrogen-bond acceptors (Lipinski definition) is 4. The van der Waals surface area contributed by atoms with Crippen LogP contribution in [0.4, 0.5) is 0 Å². The number of nitrogens with zero attached hydrogens (tertiary/aromatic N) is 2. The minimum atomic E-state index is -0.188. The van der Waals surface area contributed by atoms with Gasteiger partial charge in [-0.3, -0.25) is 9.78 Å². The number of ether oxygens (including phenoxy) is 1. The van der Waals surface area contributed by atoms with Crippen LogP contribution < -0.4 is 0 Å². The van der Waals surface area contributed by atoms with Gasteiger partial charge in [0.25, 0.3) is 5.91 Å². The number of aromatic nitrogens is 1. The normalized spacial score (nSPS) is 10.1. The first kappa shape index (κ1) is 12.6. The second-order valence-corrected chi connectivity index (χ2v) is 3.22. The number of carbonyl (C=O) groups excluding carboxylic acids is 1. The largest absolute Gasteiger partial charge is 0.395 e. The van der Waals surface area contributed by atoms with Gasteiger partial charge in [0.2, 0.25) is 0 Å². The molecule has 1 heterocycles. The Hall–Kier alpha value is -1.46. The number of hydrogen-bond donors (Lipinski definition) is 1. The van der Waals surface area contributed by atoms with Gasteiger partial charge < -0.3 is 14.7 Å². The summed E-state index contributed by atoms with van der Waals surface area (Å²) in [6, 6.07) is 5.16. The zero-order valence-electron chi connectivity index (χ0n) is 9.30. The quantitative estimate of drug-likeness (QED) is 0.747. The molecule has 0 aliphatic heterocycles. The van der Waals surface area contributed by atoms with Crippen LogP contribution in [0.2, 0.25) is 0 Å². The molecule has 1 amide bonds. The van der Waals surface area contributed by atoms with Crippen LogP contribution in [-0.2, 0) is 4.74 Å². The fourth-order valence-electron chi connectivity index (χ4n) is 1.29. The van der Waals surface area contributed by atoms with Crippen molar-refractivity contribution in [3.05, 3.63) is 30.1 Å². The van der Waals surface area contributed by atoms with E-state index in [1.54, 1.807) is 31.5 Å². The Morgan fingerprint density at radius 1 is 1.50 bits per heavy atom. The van der Waals surface area contributed by atoms with Crippen molar-refractivity contribution < 1.29 is 14.6 Å². The molecule has 0 spiro atoms. The molecule has 0 saturated carbocycles. The topological polar surface area (TPSA) is 62.7 Å². The summed E-state index contributed by atoms with van der Waals surface area (Å²) in [5.74, 6) is -0.188. The van der Waals surface area contributed by atoms with Crippen LogP contribution in [0.15, 0.2) is 24.4 Å². The molecule has 16 heavy (non-hydrogen) atoms. The van der Waals surface area contributed by atoms with Crippen LogP contribution in [0.1, 0.15) is 10.5 Å². The summed E-state index contributed by atoms with van der Waals surface area (Å²) in [4.78, 5) is 17.4. The zero-order valence-corrected chi connectivity index (χ0v) is 9.30. The molecular weight excluding hydrogens is 208 g/mol. The summed E-state index contributed by atoms with van der Waals surface area (Å²) in [5, 5.41) is 8.88. The summed E-state index contributed by atoms with van der Waals surface area (Å²) in [6.45, 7) is 1.12. The molecule has 1 aromatic heterocycles. The number of pyridine rings is 1. The highest BCUT2D eigenvalue weighted by Gasteiger charge is 2.15. The molecular formula is C11H16N2O3. The van der Waals surface area contributed by atoms with Gasteiger partial charge >= 0.3 is 0 Å². The number of aliphatic hydroxyl groups is 1. The first-order chi connectivity index (χ1) is 7.79. The maximum absolute atomic E-state index is 11.9. The number of aliphatic hydroxyl groups excluding tert-OH is 1. The lowest BCUT2D eigenvalue weighted by Gasteiger charge is -2.20. The summed E-state index contributed by atoms with van der Waals surface area (Å²) in [5.41, 5.74) is 0.382. The summed E-state index contributed by atoms with van der Waals surface area (Å²) in [7, 11) is 1.57. The smallest absolute Gasteiger partial charge is 0.272 e. The van der Waals surface area contributed by atoms with E-state index in [1.165, 1.54) is 4.90 Å². The van der Waals surface area contributed by atoms with E-state index in [4.69, 9.17) is 9.84 Å². The first-order valence-corrected chi connectivity index (χ1v) is 5.09. The molecule has 0 saturated heterocycles. The van der Waals surface area contributed by atoms with Crippen molar-refractivity contribution in [1.29, 1.82) is 0 Å². The van der Waals surface area contributed by atoms with Crippen LogP contribution >= 0.6 is 0 Å². The number of rotatable bonds is 6. The van der Waals surface area contributed by atoms with Crippen LogP contribution in [0.25, 0.3) is 0 Å². The van der Waals surface area contributed by atoms with Crippen molar-refractivity contribution in [2.75, 3.05) is 33.4 Å². The Morgan fingerprint density at radius 2 is 2.31 bits per heavy atom. The summed E-state index contributed by atoms with van der Waals surface area (Å²) in [6.07, 6.45) is 1.57. The summed E-state index contributed by atoms with van der Waals surface area (Å²) < 4.78 is 4.91. The Balaban J connectivity index is 2.67. The van der Waals surface area contributed by atoms with E-state index in [2.05, 4.69) is 4.98 Å². The molecule has 1 rings (SSSR count). The third-order valence-corrected chi connectivity index (χ3v) is 2.11. The highest BCUT2D eigenvalue weighted by Crippen LogP contribution is 2.00. The molecule has 0 unspecified atom stereocenters. The van der Waals surface area contributed by atoms with E-state index in [0.29, 0.717) is 25.4 Å². The van der Waals surface area contributed by atoms with Crippen LogP contribution in [-0.4, -0.2) is 54.3 Å². The van der Waals surface area contributed by atoms with Gasteiger partial charge in [0.1, 0.15) is 5.69 Å². The summed E-state index contributed by atoms with van der Waals surface area (Å²) >= 11 is 0. The standard InChI is InChI=1S/C11H16N2O3/c1-16-9-7-13(6-8-14)11(15)10-4-2-3-5-12-10/h2-5,14H,6-9H2,1H3. The van der Waals surface area contributed by atoms with Gasteiger partial charge in [-0.15, -0.1) is 0 Å². The fraction of sp³-hybridized carbons (Fsp3) is 0.455. The molecule has 88 valence electrons. The highest BCUT2D eigenvalue weighted by molar-refractivity contribution is 5.92. The fourth-order valence-corrected chi connectivity index (χ4v) is 1.29. The van der Waals surface area contributed by atoms with E-state index in [0.717, 1.165) is 0 Å². The second-order valence-electron chi connectivity index (χ2n) is 3.22.